The summed E-state index contributed by atoms with van der Waals surface area (Å²) < 4.78 is 5.23. The molecule has 3 rings (SSSR count). The molecule has 1 aromatic rings. The van der Waals surface area contributed by atoms with Crippen molar-refractivity contribution >= 4 is 11.8 Å². The molecule has 0 bridgehead atoms. The molecule has 4 nitrogen and oxygen atoms in total. The number of hydrogen-bond acceptors (Lipinski definition) is 4. The predicted molar refractivity (Wildman–Crippen MR) is 110 cm³/mol. The van der Waals surface area contributed by atoms with Gasteiger partial charge in [0.15, 0.2) is 5.78 Å². The van der Waals surface area contributed by atoms with Crippen molar-refractivity contribution in [3.8, 4) is 0 Å². The van der Waals surface area contributed by atoms with E-state index >= 15 is 0 Å². The van der Waals surface area contributed by atoms with Crippen molar-refractivity contribution in [2.24, 2.45) is 23.7 Å². The maximum atomic E-state index is 13.2. The van der Waals surface area contributed by atoms with E-state index in [4.69, 9.17) is 4.74 Å². The van der Waals surface area contributed by atoms with Crippen LogP contribution in [0.1, 0.15) is 50.3 Å². The molecular weight excluding hydrogens is 350 g/mol. The fourth-order valence-electron chi connectivity index (χ4n) is 4.53. The standard InChI is InChI=1S/C24H31NO3/c1-3-28-24(27)22(16-21-15-17(2)13-14-25-21)23(26)20-11-9-19(10-12-20)18-7-5-4-6-8-18/h4-7,13-15,18-20,22H,3,8-12,16H2,1-2H3/t18?,19-,20-,22?. The highest BCUT2D eigenvalue weighted by atomic mass is 16.5. The molecule has 2 aliphatic rings. The monoisotopic (exact) mass is 381 g/mol. The lowest BCUT2D eigenvalue weighted by atomic mass is 9.71. The van der Waals surface area contributed by atoms with Crippen molar-refractivity contribution in [2.45, 2.75) is 52.4 Å². The fraction of sp³-hybridized carbons (Fsp3) is 0.542. The minimum Gasteiger partial charge on any atom is -0.465 e. The Morgan fingerprint density at radius 3 is 2.64 bits per heavy atom. The Morgan fingerprint density at radius 2 is 2.00 bits per heavy atom. The molecule has 0 spiro atoms. The van der Waals surface area contributed by atoms with Crippen LogP contribution in [0.2, 0.25) is 0 Å². The molecule has 1 aromatic heterocycles. The van der Waals surface area contributed by atoms with Crippen molar-refractivity contribution in [3.05, 3.63) is 53.9 Å². The van der Waals surface area contributed by atoms with Gasteiger partial charge in [-0.2, -0.15) is 0 Å². The lowest BCUT2D eigenvalue weighted by Crippen LogP contribution is -2.35. The van der Waals surface area contributed by atoms with Crippen molar-refractivity contribution in [2.75, 3.05) is 6.61 Å². The zero-order chi connectivity index (χ0) is 19.9. The van der Waals surface area contributed by atoms with Crippen molar-refractivity contribution < 1.29 is 14.3 Å². The fourth-order valence-corrected chi connectivity index (χ4v) is 4.53. The quantitative estimate of drug-likeness (QED) is 0.511. The van der Waals surface area contributed by atoms with Crippen LogP contribution < -0.4 is 0 Å². The molecule has 2 unspecified atom stereocenters. The van der Waals surface area contributed by atoms with E-state index in [1.54, 1.807) is 13.1 Å². The van der Waals surface area contributed by atoms with E-state index in [1.165, 1.54) is 0 Å². The molecule has 0 radical (unpaired) electrons. The van der Waals surface area contributed by atoms with E-state index in [1.807, 2.05) is 19.1 Å². The molecule has 28 heavy (non-hydrogen) atoms. The Balaban J connectivity index is 1.64. The van der Waals surface area contributed by atoms with Crippen molar-refractivity contribution in [1.29, 1.82) is 0 Å². The molecule has 0 amide bonds. The lowest BCUT2D eigenvalue weighted by Gasteiger charge is -2.33. The highest BCUT2D eigenvalue weighted by Crippen LogP contribution is 2.38. The van der Waals surface area contributed by atoms with Gasteiger partial charge in [-0.3, -0.25) is 14.6 Å². The first-order valence-corrected chi connectivity index (χ1v) is 10.5. The molecule has 1 heterocycles. The molecule has 0 aromatic carbocycles. The number of pyridine rings is 1. The molecule has 0 saturated heterocycles. The second-order valence-corrected chi connectivity index (χ2v) is 8.06. The third-order valence-corrected chi connectivity index (χ3v) is 6.09. The summed E-state index contributed by atoms with van der Waals surface area (Å²) in [6.45, 7) is 4.06. The topological polar surface area (TPSA) is 56.3 Å². The summed E-state index contributed by atoms with van der Waals surface area (Å²) >= 11 is 0. The minimum atomic E-state index is -0.742. The maximum Gasteiger partial charge on any atom is 0.316 e. The number of rotatable bonds is 7. The van der Waals surface area contributed by atoms with E-state index in [2.05, 4.69) is 29.3 Å². The average molecular weight is 382 g/mol. The minimum absolute atomic E-state index is 0.0410. The number of ether oxygens (including phenoxy) is 1. The predicted octanol–water partition coefficient (Wildman–Crippen LogP) is 4.62. The van der Waals surface area contributed by atoms with Crippen LogP contribution in [0.4, 0.5) is 0 Å². The zero-order valence-corrected chi connectivity index (χ0v) is 17.0. The van der Waals surface area contributed by atoms with Crippen LogP contribution in [-0.2, 0) is 20.7 Å². The van der Waals surface area contributed by atoms with Gasteiger partial charge in [-0.25, -0.2) is 0 Å². The molecular formula is C24H31NO3. The van der Waals surface area contributed by atoms with Gasteiger partial charge in [0, 0.05) is 24.2 Å². The number of carbonyl (C=O) groups excluding carboxylic acids is 2. The number of esters is 1. The van der Waals surface area contributed by atoms with E-state index in [0.29, 0.717) is 18.3 Å². The van der Waals surface area contributed by atoms with Crippen LogP contribution >= 0.6 is 0 Å². The number of hydrogen-bond donors (Lipinski definition) is 0. The summed E-state index contributed by atoms with van der Waals surface area (Å²) in [6.07, 6.45) is 15.8. The van der Waals surface area contributed by atoms with E-state index in [0.717, 1.165) is 43.4 Å². The van der Waals surface area contributed by atoms with Crippen LogP contribution in [-0.4, -0.2) is 23.3 Å². The van der Waals surface area contributed by atoms with E-state index in [-0.39, 0.29) is 18.3 Å². The number of aromatic nitrogens is 1. The molecule has 150 valence electrons. The van der Waals surface area contributed by atoms with Gasteiger partial charge >= 0.3 is 5.97 Å². The highest BCUT2D eigenvalue weighted by Gasteiger charge is 2.37. The van der Waals surface area contributed by atoms with Gasteiger partial charge in [-0.05, 0) is 75.5 Å². The average Bonchev–Trinajstić information content (AvgIpc) is 2.72. The number of ketones is 1. The number of Topliss-reactive ketones (excluding diaryl/α,β-unsaturated/α-hetero) is 1. The largest absolute Gasteiger partial charge is 0.465 e. The Hall–Kier alpha value is -2.23. The second kappa shape index (κ2) is 9.81. The van der Waals surface area contributed by atoms with Crippen LogP contribution in [0.15, 0.2) is 42.6 Å². The molecule has 0 aliphatic heterocycles. The Kier molecular flexibility index (Phi) is 7.18. The van der Waals surface area contributed by atoms with Crippen molar-refractivity contribution in [3.63, 3.8) is 0 Å². The molecule has 2 aliphatic carbocycles. The van der Waals surface area contributed by atoms with Crippen LogP contribution in [0, 0.1) is 30.6 Å². The van der Waals surface area contributed by atoms with Gasteiger partial charge in [0.2, 0.25) is 0 Å². The van der Waals surface area contributed by atoms with Gasteiger partial charge in [0.05, 0.1) is 6.61 Å². The summed E-state index contributed by atoms with van der Waals surface area (Å²) in [6, 6.07) is 3.86. The number of allylic oxidation sites excluding steroid dienone is 4. The summed E-state index contributed by atoms with van der Waals surface area (Å²) in [5, 5.41) is 0. The van der Waals surface area contributed by atoms with Crippen LogP contribution in [0.3, 0.4) is 0 Å². The number of carbonyl (C=O) groups is 2. The van der Waals surface area contributed by atoms with E-state index in [9.17, 15) is 9.59 Å². The van der Waals surface area contributed by atoms with Gasteiger partial charge in [0.1, 0.15) is 5.92 Å². The Labute approximate surface area is 168 Å². The van der Waals surface area contributed by atoms with Crippen LogP contribution in [0.25, 0.3) is 0 Å². The van der Waals surface area contributed by atoms with Crippen molar-refractivity contribution in [1.82, 2.24) is 4.98 Å². The Bertz CT molecular complexity index is 744. The second-order valence-electron chi connectivity index (χ2n) is 8.06. The lowest BCUT2D eigenvalue weighted by molar-refractivity contribution is -0.153. The van der Waals surface area contributed by atoms with Gasteiger partial charge in [0.25, 0.3) is 0 Å². The normalized spacial score (nSPS) is 25.3. The first-order valence-electron chi connectivity index (χ1n) is 10.5. The van der Waals surface area contributed by atoms with E-state index < -0.39 is 11.9 Å². The molecule has 1 fully saturated rings. The summed E-state index contributed by atoms with van der Waals surface area (Å²) in [5.74, 6) is 0.0904. The third kappa shape index (κ3) is 5.18. The summed E-state index contributed by atoms with van der Waals surface area (Å²) in [4.78, 5) is 30.1. The zero-order valence-electron chi connectivity index (χ0n) is 17.0. The van der Waals surface area contributed by atoms with Crippen LogP contribution in [0.5, 0.6) is 0 Å². The molecule has 2 atom stereocenters. The number of aryl methyl sites for hydroxylation is 1. The summed E-state index contributed by atoms with van der Waals surface area (Å²) in [5.41, 5.74) is 1.86. The van der Waals surface area contributed by atoms with Gasteiger partial charge in [-0.15, -0.1) is 0 Å². The van der Waals surface area contributed by atoms with Gasteiger partial charge < -0.3 is 4.74 Å². The SMILES string of the molecule is CCOC(=O)C(Cc1cc(C)ccn1)C(=O)[C@H]1CC[C@H](C2C=CC=CC2)CC1. The highest BCUT2D eigenvalue weighted by molar-refractivity contribution is 6.00. The molecule has 4 heteroatoms. The molecule has 0 N–H and O–H groups in total. The first-order chi connectivity index (χ1) is 13.6. The smallest absolute Gasteiger partial charge is 0.316 e. The number of nitrogens with zero attached hydrogens (tertiary/aromatic N) is 1. The maximum absolute atomic E-state index is 13.2. The third-order valence-electron chi connectivity index (χ3n) is 6.09. The summed E-state index contributed by atoms with van der Waals surface area (Å²) in [7, 11) is 0. The first kappa shape index (κ1) is 20.5. The Morgan fingerprint density at radius 1 is 1.21 bits per heavy atom. The van der Waals surface area contributed by atoms with Gasteiger partial charge in [-0.1, -0.05) is 24.3 Å². The molecule has 1 saturated carbocycles.